The van der Waals surface area contributed by atoms with Gasteiger partial charge in [-0.05, 0) is 18.3 Å². The summed E-state index contributed by atoms with van der Waals surface area (Å²) in [7, 11) is 0. The van der Waals surface area contributed by atoms with Gasteiger partial charge in [-0.1, -0.05) is 18.2 Å². The van der Waals surface area contributed by atoms with Crippen LogP contribution in [0.15, 0.2) is 35.3 Å². The summed E-state index contributed by atoms with van der Waals surface area (Å²) >= 11 is 4.97. The third kappa shape index (κ3) is 1.81. The Bertz CT molecular complexity index is 1140. The highest BCUT2D eigenvalue weighted by Gasteiger charge is 2.15. The van der Waals surface area contributed by atoms with Crippen molar-refractivity contribution in [2.75, 3.05) is 5.73 Å². The monoisotopic (exact) mass is 310 g/mol. The highest BCUT2D eigenvalue weighted by atomic mass is 32.1. The van der Waals surface area contributed by atoms with E-state index in [-0.39, 0.29) is 16.3 Å². The average Bonchev–Trinajstić information content (AvgIpc) is 2.89. The number of anilines is 1. The molecule has 0 aliphatic carbocycles. The molecule has 0 spiro atoms. The smallest absolute Gasteiger partial charge is 0.263 e. The fourth-order valence-corrected chi connectivity index (χ4v) is 2.74. The van der Waals surface area contributed by atoms with Crippen LogP contribution in [0.1, 0.15) is 0 Å². The van der Waals surface area contributed by atoms with Gasteiger partial charge in [-0.15, -0.1) is 0 Å². The molecule has 0 saturated carbocycles. The number of rotatable bonds is 1. The Kier molecular flexibility index (Phi) is 2.60. The van der Waals surface area contributed by atoms with Gasteiger partial charge in [0.2, 0.25) is 5.95 Å². The van der Waals surface area contributed by atoms with E-state index in [1.54, 1.807) is 6.20 Å². The van der Waals surface area contributed by atoms with Crippen LogP contribution >= 0.6 is 12.2 Å². The lowest BCUT2D eigenvalue weighted by molar-refractivity contribution is 1.10. The number of fused-ring (bicyclic) bond motifs is 2. The molecular formula is C14H10N6OS. The number of nitrogens with one attached hydrogen (secondary N) is 3. The molecular weight excluding hydrogens is 300 g/mol. The van der Waals surface area contributed by atoms with E-state index in [1.165, 1.54) is 0 Å². The Hall–Kier alpha value is -3.00. The van der Waals surface area contributed by atoms with Crippen molar-refractivity contribution >= 4 is 40.1 Å². The topological polar surface area (TPSA) is 116 Å². The van der Waals surface area contributed by atoms with Gasteiger partial charge in [-0.2, -0.15) is 4.98 Å². The second-order valence-electron chi connectivity index (χ2n) is 4.81. The van der Waals surface area contributed by atoms with Crippen molar-refractivity contribution in [3.8, 4) is 11.3 Å². The molecule has 0 unspecified atom stereocenters. The molecule has 22 heavy (non-hydrogen) atoms. The van der Waals surface area contributed by atoms with Crippen LogP contribution in [-0.2, 0) is 0 Å². The minimum Gasteiger partial charge on any atom is -0.368 e. The minimum atomic E-state index is -0.348. The first-order valence-electron chi connectivity index (χ1n) is 6.50. The normalized spacial score (nSPS) is 11.3. The van der Waals surface area contributed by atoms with E-state index in [0.29, 0.717) is 16.7 Å². The van der Waals surface area contributed by atoms with Crippen LogP contribution in [0.4, 0.5) is 5.95 Å². The van der Waals surface area contributed by atoms with E-state index in [2.05, 4.69) is 24.9 Å². The lowest BCUT2D eigenvalue weighted by Gasteiger charge is -2.05. The molecule has 5 N–H and O–H groups in total. The van der Waals surface area contributed by atoms with Gasteiger partial charge in [0, 0.05) is 22.7 Å². The van der Waals surface area contributed by atoms with Crippen molar-refractivity contribution in [2.24, 2.45) is 0 Å². The maximum absolute atomic E-state index is 12.3. The van der Waals surface area contributed by atoms with Crippen molar-refractivity contribution < 1.29 is 0 Å². The van der Waals surface area contributed by atoms with Gasteiger partial charge in [0.25, 0.3) is 5.56 Å². The van der Waals surface area contributed by atoms with Gasteiger partial charge in [-0.25, -0.2) is 4.98 Å². The van der Waals surface area contributed by atoms with Crippen molar-refractivity contribution in [3.05, 3.63) is 45.6 Å². The molecule has 7 nitrogen and oxygen atoms in total. The van der Waals surface area contributed by atoms with Gasteiger partial charge in [0.1, 0.15) is 5.39 Å². The standard InChI is InChI=1S/C14H10N6OS/c15-13-17-10(7-5-16-8-4-2-1-3-6(7)8)9-11(18-13)19-14(22)20-12(9)21/h1-5,16H,(H4,15,17,18,19,20,21,22). The number of hydrogen-bond acceptors (Lipinski definition) is 5. The number of aromatic nitrogens is 5. The first kappa shape index (κ1) is 12.7. The molecule has 3 heterocycles. The number of nitrogens with two attached hydrogens (primary N) is 1. The summed E-state index contributed by atoms with van der Waals surface area (Å²) in [5.41, 5.74) is 7.94. The number of hydrogen-bond donors (Lipinski definition) is 4. The number of nitrogens with zero attached hydrogens (tertiary/aromatic N) is 2. The molecule has 0 aliphatic heterocycles. The summed E-state index contributed by atoms with van der Waals surface area (Å²) in [4.78, 5) is 29.2. The SMILES string of the molecule is Nc1nc(-c2c[nH]c3ccccc23)c2c(=O)[nH]c(=S)[nH]c2n1. The van der Waals surface area contributed by atoms with Crippen LogP contribution in [0.3, 0.4) is 0 Å². The zero-order valence-electron chi connectivity index (χ0n) is 11.2. The molecule has 1 aromatic carbocycles. The number of nitrogen functional groups attached to an aromatic ring is 1. The van der Waals surface area contributed by atoms with Gasteiger partial charge in [-0.3, -0.25) is 9.78 Å². The fourth-order valence-electron chi connectivity index (χ4n) is 2.55. The van der Waals surface area contributed by atoms with E-state index < -0.39 is 0 Å². The molecule has 0 saturated heterocycles. The molecule has 0 bridgehead atoms. The van der Waals surface area contributed by atoms with Crippen LogP contribution in [-0.4, -0.2) is 24.9 Å². The molecule has 0 aliphatic rings. The van der Waals surface area contributed by atoms with E-state index in [0.717, 1.165) is 16.5 Å². The summed E-state index contributed by atoms with van der Waals surface area (Å²) in [5.74, 6) is 0.0732. The first-order chi connectivity index (χ1) is 10.6. The van der Waals surface area contributed by atoms with Crippen LogP contribution < -0.4 is 11.3 Å². The third-order valence-corrected chi connectivity index (χ3v) is 3.66. The number of H-pyrrole nitrogens is 3. The highest BCUT2D eigenvalue weighted by Crippen LogP contribution is 2.30. The second-order valence-corrected chi connectivity index (χ2v) is 5.22. The Balaban J connectivity index is 2.19. The van der Waals surface area contributed by atoms with Gasteiger partial charge >= 0.3 is 0 Å². The van der Waals surface area contributed by atoms with Crippen LogP contribution in [0.25, 0.3) is 33.2 Å². The molecule has 0 amide bonds. The number of benzene rings is 1. The second kappa shape index (κ2) is 4.50. The van der Waals surface area contributed by atoms with Crippen molar-refractivity contribution in [3.63, 3.8) is 0 Å². The molecule has 8 heteroatoms. The number of aromatic amines is 3. The zero-order valence-corrected chi connectivity index (χ0v) is 12.0. The Morgan fingerprint density at radius 3 is 2.82 bits per heavy atom. The average molecular weight is 310 g/mol. The molecule has 4 rings (SSSR count). The maximum Gasteiger partial charge on any atom is 0.263 e. The van der Waals surface area contributed by atoms with E-state index in [9.17, 15) is 4.79 Å². The fraction of sp³-hybridized carbons (Fsp3) is 0. The molecule has 0 fully saturated rings. The van der Waals surface area contributed by atoms with Crippen LogP contribution in [0.2, 0.25) is 0 Å². The lowest BCUT2D eigenvalue weighted by atomic mass is 10.1. The maximum atomic E-state index is 12.3. The number of para-hydroxylation sites is 1. The summed E-state index contributed by atoms with van der Waals surface area (Å²) in [6.07, 6.45) is 1.80. The van der Waals surface area contributed by atoms with Crippen molar-refractivity contribution in [2.45, 2.75) is 0 Å². The molecule has 3 aromatic heterocycles. The highest BCUT2D eigenvalue weighted by molar-refractivity contribution is 7.71. The summed E-state index contributed by atoms with van der Waals surface area (Å²) in [6, 6.07) is 7.75. The minimum absolute atomic E-state index is 0.0732. The molecule has 108 valence electrons. The van der Waals surface area contributed by atoms with Gasteiger partial charge in [0.15, 0.2) is 10.4 Å². The third-order valence-electron chi connectivity index (χ3n) is 3.46. The van der Waals surface area contributed by atoms with E-state index in [1.807, 2.05) is 24.3 Å². The Morgan fingerprint density at radius 1 is 1.14 bits per heavy atom. The van der Waals surface area contributed by atoms with Gasteiger partial charge in [0.05, 0.1) is 5.69 Å². The molecule has 0 radical (unpaired) electrons. The molecule has 0 atom stereocenters. The lowest BCUT2D eigenvalue weighted by Crippen LogP contribution is -2.12. The summed E-state index contributed by atoms with van der Waals surface area (Å²) < 4.78 is 0.195. The largest absolute Gasteiger partial charge is 0.368 e. The van der Waals surface area contributed by atoms with Crippen LogP contribution in [0, 0.1) is 4.77 Å². The predicted molar refractivity (Wildman–Crippen MR) is 87.0 cm³/mol. The summed E-state index contributed by atoms with van der Waals surface area (Å²) in [6.45, 7) is 0. The van der Waals surface area contributed by atoms with E-state index >= 15 is 0 Å². The van der Waals surface area contributed by atoms with Crippen molar-refractivity contribution in [1.29, 1.82) is 0 Å². The zero-order chi connectivity index (χ0) is 15.3. The Morgan fingerprint density at radius 2 is 1.95 bits per heavy atom. The van der Waals surface area contributed by atoms with Crippen molar-refractivity contribution in [1.82, 2.24) is 24.9 Å². The predicted octanol–water partition coefficient (Wildman–Crippen LogP) is 2.11. The Labute approximate surface area is 128 Å². The summed E-state index contributed by atoms with van der Waals surface area (Å²) in [5, 5.41) is 1.27. The van der Waals surface area contributed by atoms with Crippen LogP contribution in [0.5, 0.6) is 0 Å². The quantitative estimate of drug-likeness (QED) is 0.402. The first-order valence-corrected chi connectivity index (χ1v) is 6.90. The molecule has 4 aromatic rings. The van der Waals surface area contributed by atoms with Gasteiger partial charge < -0.3 is 15.7 Å². The van der Waals surface area contributed by atoms with E-state index in [4.69, 9.17) is 18.0 Å².